The van der Waals surface area contributed by atoms with Crippen molar-refractivity contribution < 1.29 is 14.3 Å². The lowest BCUT2D eigenvalue weighted by Gasteiger charge is -2.33. The smallest absolute Gasteiger partial charge is 0.327 e. The van der Waals surface area contributed by atoms with E-state index in [-0.39, 0.29) is 17.6 Å². The van der Waals surface area contributed by atoms with Crippen LogP contribution in [0.1, 0.15) is 38.8 Å². The molecule has 1 aliphatic rings. The highest BCUT2D eigenvalue weighted by Crippen LogP contribution is 2.29. The summed E-state index contributed by atoms with van der Waals surface area (Å²) in [7, 11) is 0. The number of rotatable bonds is 5. The van der Waals surface area contributed by atoms with E-state index in [0.29, 0.717) is 6.61 Å². The largest absolute Gasteiger partial charge is 0.465 e. The fourth-order valence-electron chi connectivity index (χ4n) is 2.50. The Hall–Kier alpha value is -1.39. The molecule has 1 heterocycles. The highest BCUT2D eigenvalue weighted by atomic mass is 16.5. The van der Waals surface area contributed by atoms with Crippen molar-refractivity contribution in [2.24, 2.45) is 0 Å². The molecule has 3 atom stereocenters. The summed E-state index contributed by atoms with van der Waals surface area (Å²) >= 11 is 0. The van der Waals surface area contributed by atoms with E-state index in [1.807, 2.05) is 44.2 Å². The zero-order valence-electron chi connectivity index (χ0n) is 12.4. The van der Waals surface area contributed by atoms with Gasteiger partial charge in [0.25, 0.3) is 0 Å². The Morgan fingerprint density at radius 1 is 1.50 bits per heavy atom. The normalized spacial score (nSPS) is 27.2. The first kappa shape index (κ1) is 15.0. The minimum Gasteiger partial charge on any atom is -0.465 e. The fraction of sp³-hybridized carbons (Fsp3) is 0.562. The third kappa shape index (κ3) is 3.19. The minimum absolute atomic E-state index is 0.0724. The number of carbonyl (C=O) groups excluding carboxylic acids is 1. The molecule has 0 aromatic heterocycles. The van der Waals surface area contributed by atoms with Crippen molar-refractivity contribution in [2.45, 2.75) is 44.9 Å². The Morgan fingerprint density at radius 3 is 2.75 bits per heavy atom. The molecule has 1 fully saturated rings. The van der Waals surface area contributed by atoms with E-state index in [2.05, 4.69) is 12.2 Å². The second kappa shape index (κ2) is 6.37. The molecule has 110 valence electrons. The highest BCUT2D eigenvalue weighted by Gasteiger charge is 2.40. The summed E-state index contributed by atoms with van der Waals surface area (Å²) in [5.74, 6) is -0.237. The second-order valence-electron chi connectivity index (χ2n) is 5.42. The molecule has 1 aliphatic heterocycles. The highest BCUT2D eigenvalue weighted by molar-refractivity contribution is 5.77. The van der Waals surface area contributed by atoms with Crippen molar-refractivity contribution in [3.05, 3.63) is 35.9 Å². The monoisotopic (exact) mass is 277 g/mol. The third-order valence-corrected chi connectivity index (χ3v) is 4.02. The van der Waals surface area contributed by atoms with E-state index in [9.17, 15) is 4.79 Å². The average Bonchev–Trinajstić information content (AvgIpc) is 2.77. The standard InChI is InChI=1S/C16H23NO3/c1-4-19-15(18)14(13-8-6-5-7-9-13)17-16(3)10-11-20-12(16)2/h5-9,12,14,17H,4,10-11H2,1-3H3. The first-order valence-electron chi connectivity index (χ1n) is 7.17. The molecule has 0 aliphatic carbocycles. The molecule has 1 saturated heterocycles. The van der Waals surface area contributed by atoms with E-state index in [4.69, 9.17) is 9.47 Å². The number of ether oxygens (including phenoxy) is 2. The van der Waals surface area contributed by atoms with Crippen molar-refractivity contribution in [3.63, 3.8) is 0 Å². The number of hydrogen-bond acceptors (Lipinski definition) is 4. The Balaban J connectivity index is 2.21. The van der Waals surface area contributed by atoms with Crippen LogP contribution in [0.2, 0.25) is 0 Å². The summed E-state index contributed by atoms with van der Waals surface area (Å²) in [6.07, 6.45) is 0.958. The first-order chi connectivity index (χ1) is 9.57. The van der Waals surface area contributed by atoms with Crippen LogP contribution in [-0.4, -0.2) is 30.8 Å². The Kier molecular flexibility index (Phi) is 4.78. The Labute approximate surface area is 120 Å². The molecule has 20 heavy (non-hydrogen) atoms. The lowest BCUT2D eigenvalue weighted by Crippen LogP contribution is -2.51. The van der Waals surface area contributed by atoms with Crippen LogP contribution in [0.5, 0.6) is 0 Å². The molecule has 0 amide bonds. The molecule has 0 bridgehead atoms. The molecule has 0 spiro atoms. The average molecular weight is 277 g/mol. The molecule has 1 aromatic rings. The molecule has 2 rings (SSSR count). The second-order valence-corrected chi connectivity index (χ2v) is 5.42. The van der Waals surface area contributed by atoms with E-state index in [1.165, 1.54) is 0 Å². The molecule has 1 N–H and O–H groups in total. The minimum atomic E-state index is -0.453. The van der Waals surface area contributed by atoms with Crippen LogP contribution in [-0.2, 0) is 14.3 Å². The first-order valence-corrected chi connectivity index (χ1v) is 7.17. The number of nitrogens with one attached hydrogen (secondary N) is 1. The van der Waals surface area contributed by atoms with Crippen LogP contribution < -0.4 is 5.32 Å². The quantitative estimate of drug-likeness (QED) is 0.840. The van der Waals surface area contributed by atoms with E-state index < -0.39 is 6.04 Å². The van der Waals surface area contributed by atoms with E-state index in [0.717, 1.165) is 18.6 Å². The molecule has 1 aromatic carbocycles. The molecule has 0 radical (unpaired) electrons. The van der Waals surface area contributed by atoms with Gasteiger partial charge in [-0.3, -0.25) is 5.32 Å². The maximum atomic E-state index is 12.3. The molecule has 4 heteroatoms. The van der Waals surface area contributed by atoms with Gasteiger partial charge in [0.2, 0.25) is 0 Å². The number of esters is 1. The van der Waals surface area contributed by atoms with Gasteiger partial charge in [-0.05, 0) is 32.8 Å². The van der Waals surface area contributed by atoms with Crippen molar-refractivity contribution >= 4 is 5.97 Å². The lowest BCUT2D eigenvalue weighted by molar-refractivity contribution is -0.146. The van der Waals surface area contributed by atoms with Crippen molar-refractivity contribution in [1.29, 1.82) is 0 Å². The molecular weight excluding hydrogens is 254 g/mol. The van der Waals surface area contributed by atoms with Gasteiger partial charge in [0, 0.05) is 12.1 Å². The Bertz CT molecular complexity index is 448. The lowest BCUT2D eigenvalue weighted by atomic mass is 9.92. The van der Waals surface area contributed by atoms with Crippen LogP contribution in [0, 0.1) is 0 Å². The predicted octanol–water partition coefficient (Wildman–Crippen LogP) is 2.45. The predicted molar refractivity (Wildman–Crippen MR) is 77.4 cm³/mol. The summed E-state index contributed by atoms with van der Waals surface area (Å²) < 4.78 is 10.8. The molecular formula is C16H23NO3. The van der Waals surface area contributed by atoms with Crippen molar-refractivity contribution in [1.82, 2.24) is 5.32 Å². The summed E-state index contributed by atoms with van der Waals surface area (Å²) in [6.45, 7) is 7.05. The van der Waals surface area contributed by atoms with E-state index in [1.54, 1.807) is 0 Å². The van der Waals surface area contributed by atoms with Crippen LogP contribution >= 0.6 is 0 Å². The zero-order chi connectivity index (χ0) is 14.6. The van der Waals surface area contributed by atoms with Gasteiger partial charge in [-0.15, -0.1) is 0 Å². The van der Waals surface area contributed by atoms with Gasteiger partial charge in [-0.25, -0.2) is 4.79 Å². The summed E-state index contributed by atoms with van der Waals surface area (Å²) in [5.41, 5.74) is 0.707. The van der Waals surface area contributed by atoms with Gasteiger partial charge in [0.15, 0.2) is 0 Å². The summed E-state index contributed by atoms with van der Waals surface area (Å²) in [5, 5.41) is 3.44. The van der Waals surface area contributed by atoms with Crippen molar-refractivity contribution in [2.75, 3.05) is 13.2 Å². The SMILES string of the molecule is CCOC(=O)C(NC1(C)CCOC1C)c1ccccc1. The Morgan fingerprint density at radius 2 is 2.20 bits per heavy atom. The maximum Gasteiger partial charge on any atom is 0.327 e. The van der Waals surface area contributed by atoms with Crippen LogP contribution in [0.15, 0.2) is 30.3 Å². The van der Waals surface area contributed by atoms with Crippen LogP contribution in [0.4, 0.5) is 0 Å². The number of hydrogen-bond donors (Lipinski definition) is 1. The van der Waals surface area contributed by atoms with Crippen LogP contribution in [0.3, 0.4) is 0 Å². The zero-order valence-corrected chi connectivity index (χ0v) is 12.4. The van der Waals surface area contributed by atoms with Gasteiger partial charge >= 0.3 is 5.97 Å². The van der Waals surface area contributed by atoms with Crippen LogP contribution in [0.25, 0.3) is 0 Å². The van der Waals surface area contributed by atoms with Gasteiger partial charge < -0.3 is 9.47 Å². The molecule has 3 unspecified atom stereocenters. The summed E-state index contributed by atoms with van der Waals surface area (Å²) in [6, 6.07) is 9.23. The van der Waals surface area contributed by atoms with Gasteiger partial charge in [-0.2, -0.15) is 0 Å². The number of benzene rings is 1. The summed E-state index contributed by atoms with van der Waals surface area (Å²) in [4.78, 5) is 12.3. The topological polar surface area (TPSA) is 47.6 Å². The molecule has 0 saturated carbocycles. The molecule has 4 nitrogen and oxygen atoms in total. The van der Waals surface area contributed by atoms with Gasteiger partial charge in [-0.1, -0.05) is 30.3 Å². The third-order valence-electron chi connectivity index (χ3n) is 4.02. The fourth-order valence-corrected chi connectivity index (χ4v) is 2.50. The van der Waals surface area contributed by atoms with Gasteiger partial charge in [0.05, 0.1) is 12.7 Å². The maximum absolute atomic E-state index is 12.3. The van der Waals surface area contributed by atoms with E-state index >= 15 is 0 Å². The van der Waals surface area contributed by atoms with Crippen molar-refractivity contribution in [3.8, 4) is 0 Å². The van der Waals surface area contributed by atoms with Gasteiger partial charge in [0.1, 0.15) is 6.04 Å². The number of carbonyl (C=O) groups is 1.